The normalized spacial score (nSPS) is 15.6. The Labute approximate surface area is 97.4 Å². The maximum atomic E-state index is 10.9. The molecule has 0 aliphatic rings. The van der Waals surface area contributed by atoms with Crippen molar-refractivity contribution < 1.29 is 39.6 Å². The molecular weight excluding hydrogens is 255 g/mol. The van der Waals surface area contributed by atoms with Crippen LogP contribution in [0.2, 0.25) is 0 Å². The van der Waals surface area contributed by atoms with Crippen LogP contribution in [-0.4, -0.2) is 49.5 Å². The minimum atomic E-state index is -2.25. The molecular formula is C8H11O8P. The van der Waals surface area contributed by atoms with Crippen LogP contribution in [0.5, 0.6) is 0 Å². The first kappa shape index (κ1) is 15.3. The van der Waals surface area contributed by atoms with Crippen LogP contribution in [0.4, 0.5) is 0 Å². The highest BCUT2D eigenvalue weighted by atomic mass is 31.0. The van der Waals surface area contributed by atoms with E-state index in [1.807, 2.05) is 0 Å². The van der Waals surface area contributed by atoms with E-state index >= 15 is 0 Å². The fourth-order valence-electron chi connectivity index (χ4n) is 1.26. The lowest BCUT2D eigenvalue weighted by atomic mass is 9.85. The zero-order valence-electron chi connectivity index (χ0n) is 8.49. The van der Waals surface area contributed by atoms with Gasteiger partial charge in [-0.25, -0.2) is 0 Å². The molecule has 8 nitrogen and oxygen atoms in total. The molecule has 17 heavy (non-hydrogen) atoms. The minimum Gasteiger partial charge on any atom is -0.481 e. The number of carboxylic acid groups (broad SMARTS) is 4. The Kier molecular flexibility index (Phi) is 5.03. The molecule has 0 aromatic rings. The third-order valence-corrected chi connectivity index (χ3v) is 2.99. The summed E-state index contributed by atoms with van der Waals surface area (Å²) in [4.78, 5) is 42.7. The molecule has 0 aromatic carbocycles. The molecule has 0 bridgehead atoms. The summed E-state index contributed by atoms with van der Waals surface area (Å²) >= 11 is 0. The average Bonchev–Trinajstić information content (AvgIpc) is 2.11. The average molecular weight is 266 g/mol. The Balaban J connectivity index is 5.36. The van der Waals surface area contributed by atoms with E-state index in [2.05, 4.69) is 0 Å². The molecule has 0 fully saturated rings. The summed E-state index contributed by atoms with van der Waals surface area (Å²) in [5.41, 5.74) is 0. The van der Waals surface area contributed by atoms with Crippen molar-refractivity contribution in [1.82, 2.24) is 0 Å². The second-order valence-electron chi connectivity index (χ2n) is 3.40. The molecule has 0 saturated carbocycles. The summed E-state index contributed by atoms with van der Waals surface area (Å²) in [7, 11) is 1.63. The minimum absolute atomic E-state index is 0.974. The summed E-state index contributed by atoms with van der Waals surface area (Å²) < 4.78 is 0. The molecule has 0 aromatic heterocycles. The van der Waals surface area contributed by atoms with Gasteiger partial charge in [0.25, 0.3) is 0 Å². The number of hydrogen-bond acceptors (Lipinski definition) is 4. The van der Waals surface area contributed by atoms with Crippen molar-refractivity contribution in [2.24, 2.45) is 5.92 Å². The smallest absolute Gasteiger partial charge is 0.314 e. The molecule has 0 heterocycles. The first-order chi connectivity index (χ1) is 7.61. The number of carboxylic acids is 4. The third-order valence-electron chi connectivity index (χ3n) is 2.14. The second kappa shape index (κ2) is 5.58. The van der Waals surface area contributed by atoms with Gasteiger partial charge in [-0.15, -0.1) is 9.24 Å². The van der Waals surface area contributed by atoms with Crippen molar-refractivity contribution in [1.29, 1.82) is 0 Å². The summed E-state index contributed by atoms with van der Waals surface area (Å²) in [6.07, 6.45) is -1.98. The first-order valence-corrected chi connectivity index (χ1v) is 4.87. The van der Waals surface area contributed by atoms with Crippen LogP contribution in [0, 0.1) is 5.92 Å². The van der Waals surface area contributed by atoms with Crippen LogP contribution in [0.15, 0.2) is 0 Å². The van der Waals surface area contributed by atoms with Gasteiger partial charge in [-0.2, -0.15) is 0 Å². The lowest BCUT2D eigenvalue weighted by molar-refractivity contribution is -0.157. The van der Waals surface area contributed by atoms with Gasteiger partial charge in [-0.05, 0) is 0 Å². The van der Waals surface area contributed by atoms with Crippen molar-refractivity contribution in [3.05, 3.63) is 0 Å². The van der Waals surface area contributed by atoms with Crippen molar-refractivity contribution in [3.63, 3.8) is 0 Å². The van der Waals surface area contributed by atoms with Crippen LogP contribution in [0.25, 0.3) is 0 Å². The fourth-order valence-corrected chi connectivity index (χ4v) is 1.70. The SMILES string of the molecule is O=C(O)CC(C(=O)O)C(P)(CC(=O)O)C(=O)O. The number of carbonyl (C=O) groups is 4. The van der Waals surface area contributed by atoms with E-state index < -0.39 is 47.8 Å². The van der Waals surface area contributed by atoms with E-state index in [0.29, 0.717) is 0 Å². The van der Waals surface area contributed by atoms with E-state index in [-0.39, 0.29) is 0 Å². The molecule has 0 spiro atoms. The largest absolute Gasteiger partial charge is 0.481 e. The summed E-state index contributed by atoms with van der Waals surface area (Å²) in [6, 6.07) is 0. The molecule has 3 unspecified atom stereocenters. The zero-order chi connectivity index (χ0) is 13.8. The van der Waals surface area contributed by atoms with Gasteiger partial charge in [0.05, 0.1) is 18.8 Å². The van der Waals surface area contributed by atoms with Gasteiger partial charge in [-0.3, -0.25) is 19.2 Å². The van der Waals surface area contributed by atoms with E-state index in [1.165, 1.54) is 0 Å². The molecule has 0 aliphatic carbocycles. The number of rotatable bonds is 7. The third kappa shape index (κ3) is 3.99. The van der Waals surface area contributed by atoms with E-state index in [4.69, 9.17) is 20.4 Å². The van der Waals surface area contributed by atoms with Crippen LogP contribution in [0.1, 0.15) is 12.8 Å². The molecule has 3 atom stereocenters. The Morgan fingerprint density at radius 3 is 1.71 bits per heavy atom. The van der Waals surface area contributed by atoms with Crippen LogP contribution < -0.4 is 0 Å². The zero-order valence-corrected chi connectivity index (χ0v) is 9.65. The van der Waals surface area contributed by atoms with E-state index in [0.717, 1.165) is 0 Å². The standard InChI is InChI=1S/C8H11O8P/c9-4(10)1-3(6(13)14)8(17,7(15)16)2-5(11)12/h3H,1-2,17H2,(H,9,10)(H,11,12)(H,13,14)(H,15,16). The maximum Gasteiger partial charge on any atom is 0.314 e. The molecule has 0 rings (SSSR count). The fraction of sp³-hybridized carbons (Fsp3) is 0.500. The topological polar surface area (TPSA) is 149 Å². The number of hydrogen-bond donors (Lipinski definition) is 4. The molecule has 0 aliphatic heterocycles. The lowest BCUT2D eigenvalue weighted by Gasteiger charge is -2.28. The molecule has 0 amide bonds. The molecule has 9 heteroatoms. The summed E-state index contributed by atoms with van der Waals surface area (Å²) in [5.74, 6) is -8.27. The molecule has 0 saturated heterocycles. The Bertz CT molecular complexity index is 365. The lowest BCUT2D eigenvalue weighted by Crippen LogP contribution is -2.46. The highest BCUT2D eigenvalue weighted by Crippen LogP contribution is 2.35. The van der Waals surface area contributed by atoms with Gasteiger partial charge in [0, 0.05) is 0 Å². The molecule has 0 radical (unpaired) electrons. The van der Waals surface area contributed by atoms with Gasteiger partial charge < -0.3 is 20.4 Å². The predicted octanol–water partition coefficient (Wildman–Crippen LogP) is -0.665. The van der Waals surface area contributed by atoms with Crippen LogP contribution >= 0.6 is 9.24 Å². The monoisotopic (exact) mass is 266 g/mol. The van der Waals surface area contributed by atoms with E-state index in [9.17, 15) is 19.2 Å². The molecule has 96 valence electrons. The van der Waals surface area contributed by atoms with Crippen molar-refractivity contribution in [2.45, 2.75) is 18.0 Å². The quantitative estimate of drug-likeness (QED) is 0.443. The Morgan fingerprint density at radius 1 is 1.00 bits per heavy atom. The van der Waals surface area contributed by atoms with E-state index in [1.54, 1.807) is 9.24 Å². The maximum absolute atomic E-state index is 10.9. The highest BCUT2D eigenvalue weighted by Gasteiger charge is 2.48. The van der Waals surface area contributed by atoms with Crippen molar-refractivity contribution in [2.75, 3.05) is 0 Å². The molecule has 4 N–H and O–H groups in total. The first-order valence-electron chi connectivity index (χ1n) is 4.30. The van der Waals surface area contributed by atoms with Gasteiger partial charge in [0.15, 0.2) is 0 Å². The summed E-state index contributed by atoms with van der Waals surface area (Å²) in [6.45, 7) is 0. The predicted molar refractivity (Wildman–Crippen MR) is 55.7 cm³/mol. The summed E-state index contributed by atoms with van der Waals surface area (Å²) in [5, 5.41) is 32.5. The van der Waals surface area contributed by atoms with Crippen molar-refractivity contribution in [3.8, 4) is 0 Å². The van der Waals surface area contributed by atoms with Gasteiger partial charge >= 0.3 is 23.9 Å². The Morgan fingerprint density at radius 2 is 1.47 bits per heavy atom. The van der Waals surface area contributed by atoms with Crippen LogP contribution in [0.3, 0.4) is 0 Å². The highest BCUT2D eigenvalue weighted by molar-refractivity contribution is 7.21. The van der Waals surface area contributed by atoms with Gasteiger partial charge in [-0.1, -0.05) is 0 Å². The van der Waals surface area contributed by atoms with Crippen molar-refractivity contribution >= 4 is 33.1 Å². The van der Waals surface area contributed by atoms with Crippen LogP contribution in [-0.2, 0) is 19.2 Å². The number of aliphatic carboxylic acids is 4. The van der Waals surface area contributed by atoms with Gasteiger partial charge in [0.1, 0.15) is 5.16 Å². The van der Waals surface area contributed by atoms with Gasteiger partial charge in [0.2, 0.25) is 0 Å². The Hall–Kier alpha value is -1.69. The second-order valence-corrected chi connectivity index (χ2v) is 4.43.